The number of nitrogens with two attached hydrogens (primary N) is 1. The van der Waals surface area contributed by atoms with Crippen molar-refractivity contribution in [1.82, 2.24) is 4.31 Å². The molecule has 1 aromatic carbocycles. The lowest BCUT2D eigenvalue weighted by atomic mass is 10.2. The van der Waals surface area contributed by atoms with Crippen molar-refractivity contribution in [2.24, 2.45) is 5.73 Å². The second-order valence-electron chi connectivity index (χ2n) is 4.72. The highest BCUT2D eigenvalue weighted by Gasteiger charge is 2.23. The number of benzene rings is 1. The average molecular weight is 312 g/mol. The SMILES string of the molecule is Cc1occc1CN(C)S(=O)(=O)c1ccc(F)c(CN)c1. The van der Waals surface area contributed by atoms with Crippen LogP contribution in [-0.4, -0.2) is 19.8 Å². The maximum absolute atomic E-state index is 13.4. The van der Waals surface area contributed by atoms with E-state index in [0.717, 1.165) is 11.6 Å². The molecule has 5 nitrogen and oxygen atoms in total. The fourth-order valence-corrected chi connectivity index (χ4v) is 3.15. The van der Waals surface area contributed by atoms with Crippen LogP contribution in [-0.2, 0) is 23.1 Å². The molecule has 114 valence electrons. The lowest BCUT2D eigenvalue weighted by molar-refractivity contribution is 0.458. The zero-order valence-corrected chi connectivity index (χ0v) is 12.7. The fourth-order valence-electron chi connectivity index (χ4n) is 1.95. The summed E-state index contributed by atoms with van der Waals surface area (Å²) in [5.74, 6) is 0.156. The number of halogens is 1. The first-order valence-electron chi connectivity index (χ1n) is 6.34. The summed E-state index contributed by atoms with van der Waals surface area (Å²) < 4.78 is 44.7. The quantitative estimate of drug-likeness (QED) is 0.916. The summed E-state index contributed by atoms with van der Waals surface area (Å²) in [6.07, 6.45) is 1.51. The molecule has 0 saturated carbocycles. The molecular formula is C14H17FN2O3S. The topological polar surface area (TPSA) is 76.5 Å². The van der Waals surface area contributed by atoms with Crippen molar-refractivity contribution >= 4 is 10.0 Å². The third kappa shape index (κ3) is 3.15. The molecule has 0 bridgehead atoms. The lowest BCUT2D eigenvalue weighted by Crippen LogP contribution is -2.26. The average Bonchev–Trinajstić information content (AvgIpc) is 2.84. The zero-order valence-electron chi connectivity index (χ0n) is 11.8. The summed E-state index contributed by atoms with van der Waals surface area (Å²) in [7, 11) is -2.25. The van der Waals surface area contributed by atoms with Gasteiger partial charge in [0.2, 0.25) is 10.0 Å². The first-order valence-corrected chi connectivity index (χ1v) is 7.78. The van der Waals surface area contributed by atoms with E-state index in [0.29, 0.717) is 5.76 Å². The van der Waals surface area contributed by atoms with E-state index in [2.05, 4.69) is 0 Å². The molecule has 0 fully saturated rings. The summed E-state index contributed by atoms with van der Waals surface area (Å²) >= 11 is 0. The van der Waals surface area contributed by atoms with Gasteiger partial charge in [-0.1, -0.05) is 0 Å². The van der Waals surface area contributed by atoms with Crippen molar-refractivity contribution in [3.05, 3.63) is 53.2 Å². The minimum absolute atomic E-state index is 0.0213. The van der Waals surface area contributed by atoms with E-state index < -0.39 is 15.8 Å². The number of hydrogen-bond acceptors (Lipinski definition) is 4. The van der Waals surface area contributed by atoms with E-state index in [1.165, 1.54) is 29.7 Å². The molecule has 0 saturated heterocycles. The monoisotopic (exact) mass is 312 g/mol. The molecule has 0 aliphatic rings. The van der Waals surface area contributed by atoms with Crippen molar-refractivity contribution in [2.75, 3.05) is 7.05 Å². The molecule has 2 N–H and O–H groups in total. The molecule has 1 heterocycles. The Morgan fingerprint density at radius 3 is 2.57 bits per heavy atom. The molecule has 2 rings (SSSR count). The Morgan fingerprint density at radius 1 is 1.29 bits per heavy atom. The van der Waals surface area contributed by atoms with Gasteiger partial charge < -0.3 is 10.2 Å². The molecule has 0 atom stereocenters. The van der Waals surface area contributed by atoms with Crippen LogP contribution in [0.1, 0.15) is 16.9 Å². The largest absolute Gasteiger partial charge is 0.469 e. The van der Waals surface area contributed by atoms with Gasteiger partial charge in [0.25, 0.3) is 0 Å². The van der Waals surface area contributed by atoms with E-state index >= 15 is 0 Å². The Balaban J connectivity index is 2.31. The molecule has 0 amide bonds. The van der Waals surface area contributed by atoms with Gasteiger partial charge in [0.1, 0.15) is 11.6 Å². The fraction of sp³-hybridized carbons (Fsp3) is 0.286. The van der Waals surface area contributed by atoms with E-state index in [1.807, 2.05) is 0 Å². The van der Waals surface area contributed by atoms with Crippen LogP contribution in [0.15, 0.2) is 39.8 Å². The molecule has 0 unspecified atom stereocenters. The predicted molar refractivity (Wildman–Crippen MR) is 76.4 cm³/mol. The first kappa shape index (κ1) is 15.7. The van der Waals surface area contributed by atoms with Crippen LogP contribution in [0, 0.1) is 12.7 Å². The van der Waals surface area contributed by atoms with Crippen molar-refractivity contribution in [2.45, 2.75) is 24.9 Å². The summed E-state index contributed by atoms with van der Waals surface area (Å²) in [6.45, 7) is 1.89. The van der Waals surface area contributed by atoms with Crippen molar-refractivity contribution in [1.29, 1.82) is 0 Å². The van der Waals surface area contributed by atoms with E-state index in [4.69, 9.17) is 10.2 Å². The third-order valence-corrected chi connectivity index (χ3v) is 5.10. The molecule has 0 aliphatic heterocycles. The molecular weight excluding hydrogens is 295 g/mol. The van der Waals surface area contributed by atoms with Crippen molar-refractivity contribution in [3.8, 4) is 0 Å². The van der Waals surface area contributed by atoms with Crippen molar-refractivity contribution in [3.63, 3.8) is 0 Å². The van der Waals surface area contributed by atoms with Gasteiger partial charge in [-0.15, -0.1) is 0 Å². The molecule has 1 aromatic heterocycles. The number of sulfonamides is 1. The van der Waals surface area contributed by atoms with Gasteiger partial charge in [-0.05, 0) is 31.2 Å². The standard InChI is InChI=1S/C14H17FN2O3S/c1-10-11(5-6-20-10)9-17(2)21(18,19)13-3-4-14(15)12(7-13)8-16/h3-7H,8-9,16H2,1-2H3. The van der Waals surface area contributed by atoms with Gasteiger partial charge in [0, 0.05) is 31.3 Å². The molecule has 0 aliphatic carbocycles. The number of rotatable bonds is 5. The number of nitrogens with zero attached hydrogens (tertiary/aromatic N) is 1. The Labute approximate surface area is 123 Å². The van der Waals surface area contributed by atoms with Crippen LogP contribution in [0.3, 0.4) is 0 Å². The van der Waals surface area contributed by atoms with E-state index in [-0.39, 0.29) is 23.5 Å². The van der Waals surface area contributed by atoms with Crippen LogP contribution >= 0.6 is 0 Å². The molecule has 21 heavy (non-hydrogen) atoms. The van der Waals surface area contributed by atoms with E-state index in [9.17, 15) is 12.8 Å². The van der Waals surface area contributed by atoms with Gasteiger partial charge in [0.15, 0.2) is 0 Å². The summed E-state index contributed by atoms with van der Waals surface area (Å²) in [5, 5.41) is 0. The normalized spacial score (nSPS) is 12.0. The summed E-state index contributed by atoms with van der Waals surface area (Å²) in [5.41, 5.74) is 6.36. The second kappa shape index (κ2) is 5.97. The maximum atomic E-state index is 13.4. The highest BCUT2D eigenvalue weighted by atomic mass is 32.2. The van der Waals surface area contributed by atoms with Gasteiger partial charge >= 0.3 is 0 Å². The van der Waals surface area contributed by atoms with Crippen LogP contribution in [0.2, 0.25) is 0 Å². The highest BCUT2D eigenvalue weighted by Crippen LogP contribution is 2.21. The van der Waals surface area contributed by atoms with Crippen LogP contribution < -0.4 is 5.73 Å². The van der Waals surface area contributed by atoms with Crippen LogP contribution in [0.5, 0.6) is 0 Å². The molecule has 0 spiro atoms. The maximum Gasteiger partial charge on any atom is 0.243 e. The molecule has 7 heteroatoms. The van der Waals surface area contributed by atoms with Gasteiger partial charge in [-0.2, -0.15) is 4.31 Å². The second-order valence-corrected chi connectivity index (χ2v) is 6.77. The third-order valence-electron chi connectivity index (χ3n) is 3.30. The van der Waals surface area contributed by atoms with Crippen LogP contribution in [0.25, 0.3) is 0 Å². The van der Waals surface area contributed by atoms with Gasteiger partial charge in [-0.25, -0.2) is 12.8 Å². The first-order chi connectivity index (χ1) is 9.86. The zero-order chi connectivity index (χ0) is 15.6. The number of furan rings is 1. The molecule has 2 aromatic rings. The van der Waals surface area contributed by atoms with Gasteiger partial charge in [0.05, 0.1) is 11.2 Å². The minimum atomic E-state index is -3.71. The highest BCUT2D eigenvalue weighted by molar-refractivity contribution is 7.89. The Bertz CT molecular complexity index is 740. The smallest absolute Gasteiger partial charge is 0.243 e. The van der Waals surface area contributed by atoms with Crippen molar-refractivity contribution < 1.29 is 17.2 Å². The Morgan fingerprint density at radius 2 is 2.00 bits per heavy atom. The predicted octanol–water partition coefficient (Wildman–Crippen LogP) is 2.01. The number of aryl methyl sites for hydroxylation is 1. The van der Waals surface area contributed by atoms with Gasteiger partial charge in [-0.3, -0.25) is 0 Å². The van der Waals surface area contributed by atoms with Crippen LogP contribution in [0.4, 0.5) is 4.39 Å². The van der Waals surface area contributed by atoms with E-state index in [1.54, 1.807) is 13.0 Å². The summed E-state index contributed by atoms with van der Waals surface area (Å²) in [4.78, 5) is 0.0213. The summed E-state index contributed by atoms with van der Waals surface area (Å²) in [6, 6.07) is 5.34. The molecule has 0 radical (unpaired) electrons. The minimum Gasteiger partial charge on any atom is -0.469 e. The lowest BCUT2D eigenvalue weighted by Gasteiger charge is -2.17. The number of hydrogen-bond donors (Lipinski definition) is 1. The Hall–Kier alpha value is -1.70. The Kier molecular flexibility index (Phi) is 4.46.